The normalized spacial score (nSPS) is 10.9. The van der Waals surface area contributed by atoms with E-state index in [0.29, 0.717) is 17.2 Å². The summed E-state index contributed by atoms with van der Waals surface area (Å²) in [4.78, 5) is 0. The summed E-state index contributed by atoms with van der Waals surface area (Å²) in [5.41, 5.74) is 2.03. The number of hydrogen-bond acceptors (Lipinski definition) is 3. The maximum atomic E-state index is 13.3. The van der Waals surface area contributed by atoms with E-state index in [1.54, 1.807) is 18.2 Å². The second kappa shape index (κ2) is 6.69. The molecule has 0 fully saturated rings. The number of halogens is 3. The molecule has 0 saturated heterocycles. The topological polar surface area (TPSA) is 37.8 Å². The Morgan fingerprint density at radius 1 is 0.808 bits per heavy atom. The molecule has 3 aromatic carbocycles. The molecule has 1 heterocycles. The van der Waals surface area contributed by atoms with Gasteiger partial charge in [0.05, 0.1) is 5.02 Å². The third kappa shape index (κ3) is 3.09. The van der Waals surface area contributed by atoms with E-state index in [-0.39, 0.29) is 10.8 Å². The number of nitrogens with zero attached hydrogens (tertiary/aromatic N) is 2. The molecule has 0 unspecified atom stereocenters. The zero-order valence-corrected chi connectivity index (χ0v) is 14.1. The first-order chi connectivity index (χ1) is 12.6. The van der Waals surface area contributed by atoms with Crippen molar-refractivity contribution in [2.24, 2.45) is 0 Å². The predicted molar refractivity (Wildman–Crippen MR) is 99.6 cm³/mol. The van der Waals surface area contributed by atoms with Crippen molar-refractivity contribution >= 4 is 33.9 Å². The Hall–Kier alpha value is -3.05. The Morgan fingerprint density at radius 3 is 2.27 bits per heavy atom. The highest BCUT2D eigenvalue weighted by Gasteiger charge is 2.12. The van der Waals surface area contributed by atoms with Gasteiger partial charge in [0.15, 0.2) is 5.82 Å². The van der Waals surface area contributed by atoms with Crippen molar-refractivity contribution < 1.29 is 8.78 Å². The lowest BCUT2D eigenvalue weighted by molar-refractivity contribution is 0.628. The molecule has 1 aromatic heterocycles. The van der Waals surface area contributed by atoms with Gasteiger partial charge in [0.25, 0.3) is 0 Å². The van der Waals surface area contributed by atoms with Crippen molar-refractivity contribution in [2.45, 2.75) is 0 Å². The van der Waals surface area contributed by atoms with E-state index < -0.39 is 5.82 Å². The summed E-state index contributed by atoms with van der Waals surface area (Å²) in [5, 5.41) is 13.4. The van der Waals surface area contributed by atoms with Crippen LogP contribution in [0.2, 0.25) is 5.02 Å². The Kier molecular flexibility index (Phi) is 4.22. The molecule has 0 aliphatic rings. The van der Waals surface area contributed by atoms with Crippen molar-refractivity contribution in [3.05, 3.63) is 83.4 Å². The van der Waals surface area contributed by atoms with Crippen molar-refractivity contribution in [1.29, 1.82) is 0 Å². The van der Waals surface area contributed by atoms with Gasteiger partial charge in [-0.2, -0.15) is 0 Å². The summed E-state index contributed by atoms with van der Waals surface area (Å²) in [6.45, 7) is 0. The zero-order valence-electron chi connectivity index (χ0n) is 13.4. The van der Waals surface area contributed by atoms with Gasteiger partial charge in [-0.3, -0.25) is 0 Å². The van der Waals surface area contributed by atoms with Crippen LogP contribution in [0.5, 0.6) is 0 Å². The highest BCUT2D eigenvalue weighted by molar-refractivity contribution is 6.31. The molecule has 0 amide bonds. The fourth-order valence-corrected chi connectivity index (χ4v) is 2.91. The lowest BCUT2D eigenvalue weighted by Gasteiger charge is -2.11. The Labute approximate surface area is 153 Å². The molecular formula is C20H12ClF2N3. The fourth-order valence-electron chi connectivity index (χ4n) is 2.73. The standard InChI is InChI=1S/C20H12ClF2N3/c21-17-11-14(9-10-18(17)23)24-20-16-4-2-1-3-15(16)19(25-26-20)12-5-7-13(22)8-6-12/h1-11H,(H,24,26). The number of hydrogen-bond donors (Lipinski definition) is 1. The molecule has 26 heavy (non-hydrogen) atoms. The molecule has 0 radical (unpaired) electrons. The molecule has 0 aliphatic carbocycles. The van der Waals surface area contributed by atoms with E-state index in [1.165, 1.54) is 24.3 Å². The van der Waals surface area contributed by atoms with E-state index >= 15 is 0 Å². The number of aromatic nitrogens is 2. The van der Waals surface area contributed by atoms with Crippen LogP contribution in [0.3, 0.4) is 0 Å². The molecule has 4 aromatic rings. The number of anilines is 2. The summed E-state index contributed by atoms with van der Waals surface area (Å²) in [5.74, 6) is -0.272. The highest BCUT2D eigenvalue weighted by atomic mass is 35.5. The summed E-state index contributed by atoms with van der Waals surface area (Å²) < 4.78 is 26.5. The van der Waals surface area contributed by atoms with E-state index in [2.05, 4.69) is 15.5 Å². The second-order valence-corrected chi connectivity index (χ2v) is 6.11. The molecule has 128 valence electrons. The summed E-state index contributed by atoms with van der Waals surface area (Å²) >= 11 is 5.83. The minimum atomic E-state index is -0.486. The SMILES string of the molecule is Fc1ccc(-c2nnc(Nc3ccc(F)c(Cl)c3)c3ccccc23)cc1. The first-order valence-corrected chi connectivity index (χ1v) is 8.23. The number of benzene rings is 3. The van der Waals surface area contributed by atoms with E-state index in [0.717, 1.165) is 16.3 Å². The van der Waals surface area contributed by atoms with Crippen molar-refractivity contribution in [3.63, 3.8) is 0 Å². The first kappa shape index (κ1) is 16.4. The lowest BCUT2D eigenvalue weighted by Crippen LogP contribution is -1.99. The van der Waals surface area contributed by atoms with Gasteiger partial charge >= 0.3 is 0 Å². The number of nitrogens with one attached hydrogen (secondary N) is 1. The third-order valence-electron chi connectivity index (χ3n) is 3.99. The molecule has 4 rings (SSSR count). The minimum absolute atomic E-state index is 0.0233. The molecular weight excluding hydrogens is 356 g/mol. The highest BCUT2D eigenvalue weighted by Crippen LogP contribution is 2.31. The van der Waals surface area contributed by atoms with Crippen LogP contribution in [-0.2, 0) is 0 Å². The lowest BCUT2D eigenvalue weighted by atomic mass is 10.0. The van der Waals surface area contributed by atoms with Gasteiger partial charge in [0.2, 0.25) is 0 Å². The van der Waals surface area contributed by atoms with Gasteiger partial charge in [-0.05, 0) is 42.5 Å². The van der Waals surface area contributed by atoms with Gasteiger partial charge in [-0.15, -0.1) is 10.2 Å². The molecule has 1 N–H and O–H groups in total. The fraction of sp³-hybridized carbons (Fsp3) is 0. The van der Waals surface area contributed by atoms with Crippen molar-refractivity contribution in [3.8, 4) is 11.3 Å². The second-order valence-electron chi connectivity index (χ2n) is 5.70. The summed E-state index contributed by atoms with van der Waals surface area (Å²) in [6, 6.07) is 18.1. The first-order valence-electron chi connectivity index (χ1n) is 7.85. The van der Waals surface area contributed by atoms with Crippen molar-refractivity contribution in [1.82, 2.24) is 10.2 Å². The molecule has 0 atom stereocenters. The molecule has 6 heteroatoms. The molecule has 0 bridgehead atoms. The summed E-state index contributed by atoms with van der Waals surface area (Å²) in [6.07, 6.45) is 0. The maximum Gasteiger partial charge on any atom is 0.161 e. The van der Waals surface area contributed by atoms with Crippen molar-refractivity contribution in [2.75, 3.05) is 5.32 Å². The predicted octanol–water partition coefficient (Wildman–Crippen LogP) is 5.97. The average Bonchev–Trinajstić information content (AvgIpc) is 2.66. The molecule has 0 saturated carbocycles. The molecule has 0 spiro atoms. The Bertz CT molecular complexity index is 1100. The monoisotopic (exact) mass is 367 g/mol. The third-order valence-corrected chi connectivity index (χ3v) is 4.28. The largest absolute Gasteiger partial charge is 0.338 e. The van der Waals surface area contributed by atoms with Crippen LogP contribution >= 0.6 is 11.6 Å². The smallest absolute Gasteiger partial charge is 0.161 e. The van der Waals surface area contributed by atoms with Crippen LogP contribution in [0.25, 0.3) is 22.0 Å². The van der Waals surface area contributed by atoms with Gasteiger partial charge < -0.3 is 5.32 Å². The maximum absolute atomic E-state index is 13.3. The summed E-state index contributed by atoms with van der Waals surface area (Å²) in [7, 11) is 0. The molecule has 3 nitrogen and oxygen atoms in total. The van der Waals surface area contributed by atoms with Crippen LogP contribution < -0.4 is 5.32 Å². The van der Waals surface area contributed by atoms with Crippen LogP contribution in [0, 0.1) is 11.6 Å². The zero-order chi connectivity index (χ0) is 18.1. The molecule has 0 aliphatic heterocycles. The minimum Gasteiger partial charge on any atom is -0.338 e. The van der Waals surface area contributed by atoms with Gasteiger partial charge in [0.1, 0.15) is 17.3 Å². The number of rotatable bonds is 3. The van der Waals surface area contributed by atoms with E-state index in [9.17, 15) is 8.78 Å². The van der Waals surface area contributed by atoms with Gasteiger partial charge in [0, 0.05) is 22.0 Å². The van der Waals surface area contributed by atoms with Crippen LogP contribution in [0.15, 0.2) is 66.7 Å². The number of fused-ring (bicyclic) bond motifs is 1. The van der Waals surface area contributed by atoms with Crippen LogP contribution in [0.1, 0.15) is 0 Å². The van der Waals surface area contributed by atoms with Crippen LogP contribution in [0.4, 0.5) is 20.3 Å². The quantitative estimate of drug-likeness (QED) is 0.484. The van der Waals surface area contributed by atoms with Gasteiger partial charge in [-0.1, -0.05) is 35.9 Å². The van der Waals surface area contributed by atoms with E-state index in [4.69, 9.17) is 11.6 Å². The Morgan fingerprint density at radius 2 is 1.54 bits per heavy atom. The average molecular weight is 368 g/mol. The Balaban J connectivity index is 1.81. The van der Waals surface area contributed by atoms with Crippen LogP contribution in [-0.4, -0.2) is 10.2 Å². The van der Waals surface area contributed by atoms with Gasteiger partial charge in [-0.25, -0.2) is 8.78 Å². The van der Waals surface area contributed by atoms with E-state index in [1.807, 2.05) is 24.3 Å².